The highest BCUT2D eigenvalue weighted by Gasteiger charge is 2.60. The fourth-order valence-electron chi connectivity index (χ4n) is 0.394. The quantitative estimate of drug-likeness (QED) is 0.639. The fraction of sp³-hybridized carbons (Fsp3) is 1.00. The molecule has 0 unspecified atom stereocenters. The largest absolute Gasteiger partial charge is 0.453 e. The summed E-state index contributed by atoms with van der Waals surface area (Å²) >= 11 is 0. The van der Waals surface area contributed by atoms with Gasteiger partial charge in [0.2, 0.25) is 0 Å². The van der Waals surface area contributed by atoms with Crippen LogP contribution in [0.4, 0.5) is 22.0 Å². The zero-order valence-electron chi connectivity index (χ0n) is 5.62. The lowest BCUT2D eigenvalue weighted by Crippen LogP contribution is -2.43. The van der Waals surface area contributed by atoms with Crippen molar-refractivity contribution in [2.75, 3.05) is 6.61 Å². The van der Waals surface area contributed by atoms with Crippen LogP contribution in [0.5, 0.6) is 0 Å². The van der Waals surface area contributed by atoms with E-state index < -0.39 is 24.6 Å². The lowest BCUT2D eigenvalue weighted by atomic mass is 10.1. The third kappa shape index (κ3) is 2.02. The third-order valence-electron chi connectivity index (χ3n) is 1.27. The van der Waals surface area contributed by atoms with Crippen molar-refractivity contribution < 1.29 is 27.1 Å². The summed E-state index contributed by atoms with van der Waals surface area (Å²) in [4.78, 5) is 0. The van der Waals surface area contributed by atoms with E-state index in [1.165, 1.54) is 0 Å². The van der Waals surface area contributed by atoms with Gasteiger partial charge in [-0.2, -0.15) is 22.0 Å². The standard InChI is InChI=1S/C5H7F5O/c1-3(2-11)4(6,7)5(8,9)10/h3,11H,2H2,1H3/t3-/m0/s1. The van der Waals surface area contributed by atoms with Crippen LogP contribution >= 0.6 is 0 Å². The molecular weight excluding hydrogens is 171 g/mol. The van der Waals surface area contributed by atoms with E-state index in [1.807, 2.05) is 0 Å². The molecule has 1 N–H and O–H groups in total. The van der Waals surface area contributed by atoms with Crippen molar-refractivity contribution in [3.8, 4) is 0 Å². The first-order valence-electron chi connectivity index (χ1n) is 2.79. The van der Waals surface area contributed by atoms with Gasteiger partial charge in [0.25, 0.3) is 0 Å². The van der Waals surface area contributed by atoms with Crippen LogP contribution in [0.1, 0.15) is 6.92 Å². The van der Waals surface area contributed by atoms with E-state index in [0.717, 1.165) is 0 Å². The van der Waals surface area contributed by atoms with Crippen LogP contribution in [0.25, 0.3) is 0 Å². The number of hydrogen-bond donors (Lipinski definition) is 1. The van der Waals surface area contributed by atoms with Crippen LogP contribution in [-0.4, -0.2) is 23.8 Å². The van der Waals surface area contributed by atoms with Crippen LogP contribution in [0.3, 0.4) is 0 Å². The molecule has 0 fully saturated rings. The summed E-state index contributed by atoms with van der Waals surface area (Å²) in [5.74, 6) is -6.90. The fourth-order valence-corrected chi connectivity index (χ4v) is 0.394. The van der Waals surface area contributed by atoms with Gasteiger partial charge in [0.1, 0.15) is 0 Å². The van der Waals surface area contributed by atoms with Crippen molar-refractivity contribution in [1.29, 1.82) is 0 Å². The Morgan fingerprint density at radius 2 is 1.55 bits per heavy atom. The van der Waals surface area contributed by atoms with E-state index in [0.29, 0.717) is 6.92 Å². The first-order chi connectivity index (χ1) is 4.73. The minimum atomic E-state index is -5.57. The average Bonchev–Trinajstić information content (AvgIpc) is 1.83. The molecule has 0 heterocycles. The van der Waals surface area contributed by atoms with E-state index in [9.17, 15) is 22.0 Å². The van der Waals surface area contributed by atoms with Crippen molar-refractivity contribution in [3.63, 3.8) is 0 Å². The molecule has 0 aliphatic rings. The van der Waals surface area contributed by atoms with Crippen LogP contribution in [0.15, 0.2) is 0 Å². The second kappa shape index (κ2) is 2.92. The monoisotopic (exact) mass is 178 g/mol. The maximum atomic E-state index is 12.0. The van der Waals surface area contributed by atoms with Gasteiger partial charge in [0, 0.05) is 0 Å². The van der Waals surface area contributed by atoms with E-state index in [1.54, 1.807) is 0 Å². The molecule has 0 spiro atoms. The topological polar surface area (TPSA) is 20.2 Å². The first-order valence-corrected chi connectivity index (χ1v) is 2.79. The number of aliphatic hydroxyl groups excluding tert-OH is 1. The van der Waals surface area contributed by atoms with Crippen molar-refractivity contribution >= 4 is 0 Å². The zero-order chi connectivity index (χ0) is 9.28. The molecule has 0 radical (unpaired) electrons. The highest BCUT2D eigenvalue weighted by Crippen LogP contribution is 2.40. The smallest absolute Gasteiger partial charge is 0.396 e. The van der Waals surface area contributed by atoms with Gasteiger partial charge in [-0.3, -0.25) is 0 Å². The van der Waals surface area contributed by atoms with E-state index in [4.69, 9.17) is 5.11 Å². The summed E-state index contributed by atoms with van der Waals surface area (Å²) in [5, 5.41) is 8.05. The Morgan fingerprint density at radius 1 is 1.18 bits per heavy atom. The molecule has 0 aromatic carbocycles. The summed E-state index contributed by atoms with van der Waals surface area (Å²) in [5.41, 5.74) is 0. The molecule has 0 saturated heterocycles. The second-order valence-corrected chi connectivity index (χ2v) is 2.20. The summed E-state index contributed by atoms with van der Waals surface area (Å²) in [6.45, 7) is -0.556. The maximum Gasteiger partial charge on any atom is 0.453 e. The third-order valence-corrected chi connectivity index (χ3v) is 1.27. The van der Waals surface area contributed by atoms with Crippen molar-refractivity contribution in [2.24, 2.45) is 5.92 Å². The van der Waals surface area contributed by atoms with Gasteiger partial charge in [-0.25, -0.2) is 0 Å². The van der Waals surface area contributed by atoms with Gasteiger partial charge in [-0.05, 0) is 0 Å². The molecule has 0 aromatic rings. The maximum absolute atomic E-state index is 12.0. The molecule has 11 heavy (non-hydrogen) atoms. The lowest BCUT2D eigenvalue weighted by Gasteiger charge is -2.23. The van der Waals surface area contributed by atoms with E-state index in [-0.39, 0.29) is 0 Å². The Balaban J connectivity index is 4.45. The van der Waals surface area contributed by atoms with Gasteiger partial charge < -0.3 is 5.11 Å². The van der Waals surface area contributed by atoms with Crippen molar-refractivity contribution in [3.05, 3.63) is 0 Å². The Kier molecular flexibility index (Phi) is 2.82. The Hall–Kier alpha value is -0.390. The minimum Gasteiger partial charge on any atom is -0.396 e. The number of alkyl halides is 5. The summed E-state index contributed by atoms with van der Waals surface area (Å²) in [6, 6.07) is 0. The Morgan fingerprint density at radius 3 is 1.64 bits per heavy atom. The second-order valence-electron chi connectivity index (χ2n) is 2.20. The van der Waals surface area contributed by atoms with E-state index in [2.05, 4.69) is 0 Å². The Labute approximate surface area is 59.8 Å². The van der Waals surface area contributed by atoms with Gasteiger partial charge in [0.05, 0.1) is 12.5 Å². The normalized spacial score (nSPS) is 16.6. The molecule has 1 atom stereocenters. The lowest BCUT2D eigenvalue weighted by molar-refractivity contribution is -0.303. The molecule has 0 aliphatic heterocycles. The van der Waals surface area contributed by atoms with Gasteiger partial charge in [-0.1, -0.05) is 6.92 Å². The molecule has 0 aliphatic carbocycles. The molecular formula is C5H7F5O. The summed E-state index contributed by atoms with van der Waals surface area (Å²) in [7, 11) is 0. The predicted octanol–water partition coefficient (Wildman–Crippen LogP) is 1.81. The molecule has 6 heteroatoms. The number of aliphatic hydroxyl groups is 1. The number of halogens is 5. The zero-order valence-corrected chi connectivity index (χ0v) is 5.62. The minimum absolute atomic E-state index is 0.632. The van der Waals surface area contributed by atoms with Crippen LogP contribution in [0, 0.1) is 5.92 Å². The predicted molar refractivity (Wildman–Crippen MR) is 27.3 cm³/mol. The molecule has 1 nitrogen and oxygen atoms in total. The summed E-state index contributed by atoms with van der Waals surface area (Å²) < 4.78 is 58.3. The van der Waals surface area contributed by atoms with E-state index >= 15 is 0 Å². The highest BCUT2D eigenvalue weighted by molar-refractivity contribution is 4.80. The van der Waals surface area contributed by atoms with Crippen molar-refractivity contribution in [1.82, 2.24) is 0 Å². The van der Waals surface area contributed by atoms with Crippen LogP contribution in [-0.2, 0) is 0 Å². The van der Waals surface area contributed by atoms with Crippen LogP contribution in [0.2, 0.25) is 0 Å². The number of rotatable bonds is 2. The highest BCUT2D eigenvalue weighted by atomic mass is 19.4. The number of hydrogen-bond acceptors (Lipinski definition) is 1. The molecule has 0 rings (SSSR count). The first kappa shape index (κ1) is 10.6. The van der Waals surface area contributed by atoms with Crippen molar-refractivity contribution in [2.45, 2.75) is 19.0 Å². The molecule has 68 valence electrons. The Bertz CT molecular complexity index is 129. The SMILES string of the molecule is C[C@@H](CO)C(F)(F)C(F)(F)F. The van der Waals surface area contributed by atoms with Crippen LogP contribution < -0.4 is 0 Å². The molecule has 0 saturated carbocycles. The molecule has 0 amide bonds. The van der Waals surface area contributed by atoms with Gasteiger partial charge in [-0.15, -0.1) is 0 Å². The average molecular weight is 178 g/mol. The van der Waals surface area contributed by atoms with Gasteiger partial charge >= 0.3 is 12.1 Å². The molecule has 0 aromatic heterocycles. The van der Waals surface area contributed by atoms with Gasteiger partial charge in [0.15, 0.2) is 0 Å². The summed E-state index contributed by atoms with van der Waals surface area (Å²) in [6.07, 6.45) is -5.57. The molecule has 0 bridgehead atoms.